The molecular formula is C9H12N2. The van der Waals surface area contributed by atoms with Crippen LogP contribution in [0.3, 0.4) is 0 Å². The van der Waals surface area contributed by atoms with Crippen LogP contribution in [0.4, 0.5) is 0 Å². The molecular weight excluding hydrogens is 136 g/mol. The third kappa shape index (κ3) is 1.03. The molecule has 0 aromatic carbocycles. The van der Waals surface area contributed by atoms with Crippen molar-refractivity contribution in [3.8, 4) is 0 Å². The van der Waals surface area contributed by atoms with E-state index in [4.69, 9.17) is 5.73 Å². The van der Waals surface area contributed by atoms with Crippen LogP contribution >= 0.6 is 0 Å². The van der Waals surface area contributed by atoms with Crippen LogP contribution in [-0.4, -0.2) is 11.0 Å². The highest BCUT2D eigenvalue weighted by molar-refractivity contribution is 5.35. The Balaban J connectivity index is 2.49. The van der Waals surface area contributed by atoms with Crippen molar-refractivity contribution in [1.82, 2.24) is 4.98 Å². The average molecular weight is 148 g/mol. The largest absolute Gasteiger partial charge is 0.327 e. The van der Waals surface area contributed by atoms with Crippen LogP contribution in [0.2, 0.25) is 0 Å². The molecule has 1 heterocycles. The summed E-state index contributed by atoms with van der Waals surface area (Å²) in [7, 11) is 0. The standard InChI is InChI=1S/C9H12N2/c1-6-9-5-8(10)4-7(9)2-3-11-6/h2-3,8H,4-5,10H2,1H3. The zero-order chi connectivity index (χ0) is 7.84. The van der Waals surface area contributed by atoms with Crippen molar-refractivity contribution in [2.45, 2.75) is 25.8 Å². The van der Waals surface area contributed by atoms with E-state index in [9.17, 15) is 0 Å². The third-order valence-corrected chi connectivity index (χ3v) is 2.32. The predicted octanol–water partition coefficient (Wildman–Crippen LogP) is 0.816. The molecule has 0 fully saturated rings. The van der Waals surface area contributed by atoms with Crippen molar-refractivity contribution in [3.63, 3.8) is 0 Å². The lowest BCUT2D eigenvalue weighted by atomic mass is 10.1. The monoisotopic (exact) mass is 148 g/mol. The SMILES string of the molecule is Cc1nccc2c1CC(N)C2. The topological polar surface area (TPSA) is 38.9 Å². The molecule has 1 aromatic heterocycles. The van der Waals surface area contributed by atoms with E-state index in [2.05, 4.69) is 18.0 Å². The highest BCUT2D eigenvalue weighted by Gasteiger charge is 2.19. The van der Waals surface area contributed by atoms with Gasteiger partial charge in [-0.05, 0) is 37.0 Å². The predicted molar refractivity (Wildman–Crippen MR) is 44.4 cm³/mol. The van der Waals surface area contributed by atoms with Gasteiger partial charge in [0.05, 0.1) is 0 Å². The first-order valence-corrected chi connectivity index (χ1v) is 3.96. The number of fused-ring (bicyclic) bond motifs is 1. The first kappa shape index (κ1) is 6.80. The highest BCUT2D eigenvalue weighted by Crippen LogP contribution is 2.22. The minimum Gasteiger partial charge on any atom is -0.327 e. The number of aryl methyl sites for hydroxylation is 1. The summed E-state index contributed by atoms with van der Waals surface area (Å²) in [5.41, 5.74) is 9.74. The molecule has 1 atom stereocenters. The Hall–Kier alpha value is -0.890. The van der Waals surface area contributed by atoms with E-state index in [0.29, 0.717) is 6.04 Å². The first-order valence-electron chi connectivity index (χ1n) is 3.96. The van der Waals surface area contributed by atoms with E-state index in [1.54, 1.807) is 0 Å². The maximum Gasteiger partial charge on any atom is 0.0407 e. The number of hydrogen-bond donors (Lipinski definition) is 1. The molecule has 2 N–H and O–H groups in total. The quantitative estimate of drug-likeness (QED) is 0.591. The minimum atomic E-state index is 0.327. The van der Waals surface area contributed by atoms with Gasteiger partial charge in [-0.3, -0.25) is 4.98 Å². The number of hydrogen-bond acceptors (Lipinski definition) is 2. The Labute approximate surface area is 66.4 Å². The molecule has 0 radical (unpaired) electrons. The van der Waals surface area contributed by atoms with Crippen molar-refractivity contribution in [2.24, 2.45) is 5.73 Å². The normalized spacial score (nSPS) is 21.8. The van der Waals surface area contributed by atoms with E-state index in [0.717, 1.165) is 18.5 Å². The molecule has 58 valence electrons. The summed E-state index contributed by atoms with van der Waals surface area (Å²) < 4.78 is 0. The summed E-state index contributed by atoms with van der Waals surface area (Å²) in [6.45, 7) is 2.05. The average Bonchev–Trinajstić information content (AvgIpc) is 2.31. The van der Waals surface area contributed by atoms with Crippen LogP contribution in [-0.2, 0) is 12.8 Å². The van der Waals surface area contributed by atoms with Gasteiger partial charge in [0.1, 0.15) is 0 Å². The molecule has 11 heavy (non-hydrogen) atoms. The fraction of sp³-hybridized carbons (Fsp3) is 0.444. The van der Waals surface area contributed by atoms with Gasteiger partial charge in [0.25, 0.3) is 0 Å². The van der Waals surface area contributed by atoms with Crippen molar-refractivity contribution in [1.29, 1.82) is 0 Å². The molecule has 0 amide bonds. The van der Waals surface area contributed by atoms with E-state index in [1.165, 1.54) is 11.1 Å². The third-order valence-electron chi connectivity index (χ3n) is 2.32. The number of rotatable bonds is 0. The molecule has 1 aliphatic rings. The van der Waals surface area contributed by atoms with Crippen LogP contribution in [0.25, 0.3) is 0 Å². The highest BCUT2D eigenvalue weighted by atomic mass is 14.7. The zero-order valence-corrected chi connectivity index (χ0v) is 6.67. The number of nitrogens with two attached hydrogens (primary N) is 1. The van der Waals surface area contributed by atoms with Crippen LogP contribution in [0, 0.1) is 6.92 Å². The second kappa shape index (κ2) is 2.31. The molecule has 0 bridgehead atoms. The minimum absolute atomic E-state index is 0.327. The summed E-state index contributed by atoms with van der Waals surface area (Å²) in [5.74, 6) is 0. The van der Waals surface area contributed by atoms with E-state index in [-0.39, 0.29) is 0 Å². The number of aromatic nitrogens is 1. The van der Waals surface area contributed by atoms with Crippen LogP contribution in [0.15, 0.2) is 12.3 Å². The van der Waals surface area contributed by atoms with Crippen molar-refractivity contribution in [2.75, 3.05) is 0 Å². The van der Waals surface area contributed by atoms with Crippen molar-refractivity contribution < 1.29 is 0 Å². The smallest absolute Gasteiger partial charge is 0.0407 e. The summed E-state index contributed by atoms with van der Waals surface area (Å²) in [5, 5.41) is 0. The van der Waals surface area contributed by atoms with Crippen LogP contribution in [0.1, 0.15) is 16.8 Å². The van der Waals surface area contributed by atoms with Crippen molar-refractivity contribution >= 4 is 0 Å². The van der Waals surface area contributed by atoms with E-state index < -0.39 is 0 Å². The van der Waals surface area contributed by atoms with Gasteiger partial charge in [-0.2, -0.15) is 0 Å². The molecule has 2 heteroatoms. The summed E-state index contributed by atoms with van der Waals surface area (Å²) in [4.78, 5) is 4.23. The first-order chi connectivity index (χ1) is 5.27. The zero-order valence-electron chi connectivity index (χ0n) is 6.67. The second-order valence-electron chi connectivity index (χ2n) is 3.20. The Morgan fingerprint density at radius 3 is 3.09 bits per heavy atom. The summed E-state index contributed by atoms with van der Waals surface area (Å²) in [6, 6.07) is 2.41. The van der Waals surface area contributed by atoms with Gasteiger partial charge in [0.2, 0.25) is 0 Å². The van der Waals surface area contributed by atoms with Gasteiger partial charge in [-0.1, -0.05) is 0 Å². The van der Waals surface area contributed by atoms with E-state index >= 15 is 0 Å². The molecule has 2 nitrogen and oxygen atoms in total. The van der Waals surface area contributed by atoms with Gasteiger partial charge in [-0.15, -0.1) is 0 Å². The number of pyridine rings is 1. The van der Waals surface area contributed by atoms with Gasteiger partial charge < -0.3 is 5.73 Å². The molecule has 1 aromatic rings. The maximum absolute atomic E-state index is 5.83. The molecule has 1 unspecified atom stereocenters. The Bertz CT molecular complexity index is 281. The molecule has 0 saturated carbocycles. The fourth-order valence-corrected chi connectivity index (χ4v) is 1.74. The van der Waals surface area contributed by atoms with Crippen LogP contribution < -0.4 is 5.73 Å². The van der Waals surface area contributed by atoms with Gasteiger partial charge >= 0.3 is 0 Å². The van der Waals surface area contributed by atoms with Crippen LogP contribution in [0.5, 0.6) is 0 Å². The van der Waals surface area contributed by atoms with Gasteiger partial charge in [0, 0.05) is 17.9 Å². The maximum atomic E-state index is 5.83. The Kier molecular flexibility index (Phi) is 1.43. The molecule has 2 rings (SSSR count). The van der Waals surface area contributed by atoms with Crippen molar-refractivity contribution in [3.05, 3.63) is 29.1 Å². The lowest BCUT2D eigenvalue weighted by molar-refractivity contribution is 0.719. The summed E-state index contributed by atoms with van der Waals surface area (Å²) in [6.07, 6.45) is 3.90. The molecule has 0 spiro atoms. The second-order valence-corrected chi connectivity index (χ2v) is 3.20. The summed E-state index contributed by atoms with van der Waals surface area (Å²) >= 11 is 0. The number of nitrogens with zero attached hydrogens (tertiary/aromatic N) is 1. The Morgan fingerprint density at radius 1 is 1.55 bits per heavy atom. The Morgan fingerprint density at radius 2 is 2.36 bits per heavy atom. The fourth-order valence-electron chi connectivity index (χ4n) is 1.74. The lowest BCUT2D eigenvalue weighted by Crippen LogP contribution is -2.19. The van der Waals surface area contributed by atoms with Gasteiger partial charge in [-0.25, -0.2) is 0 Å². The van der Waals surface area contributed by atoms with E-state index in [1.807, 2.05) is 6.20 Å². The molecule has 1 aliphatic carbocycles. The van der Waals surface area contributed by atoms with Gasteiger partial charge in [0.15, 0.2) is 0 Å². The molecule has 0 saturated heterocycles. The molecule has 0 aliphatic heterocycles. The lowest BCUT2D eigenvalue weighted by Gasteiger charge is -1.99.